The Morgan fingerprint density at radius 3 is 2.50 bits per heavy atom. The molecule has 0 saturated heterocycles. The number of alkyl halides is 3. The Morgan fingerprint density at radius 2 is 2.17 bits per heavy atom. The average molecular weight is 179 g/mol. The fourth-order valence-corrected chi connectivity index (χ4v) is 1.44. The Labute approximate surface area is 69.9 Å². The van der Waals surface area contributed by atoms with Crippen molar-refractivity contribution < 1.29 is 13.2 Å². The zero-order valence-electron chi connectivity index (χ0n) is 6.99. The highest BCUT2D eigenvalue weighted by Gasteiger charge is 2.37. The van der Waals surface area contributed by atoms with Crippen molar-refractivity contribution in [1.29, 1.82) is 0 Å². The van der Waals surface area contributed by atoms with Crippen molar-refractivity contribution in [2.24, 2.45) is 0 Å². The first-order valence-corrected chi connectivity index (χ1v) is 4.09. The summed E-state index contributed by atoms with van der Waals surface area (Å²) in [6.45, 7) is 1.53. The molecule has 0 amide bonds. The molecule has 0 aromatic rings. The van der Waals surface area contributed by atoms with Crippen LogP contribution in [0.3, 0.4) is 0 Å². The highest BCUT2D eigenvalue weighted by Crippen LogP contribution is 2.30. The van der Waals surface area contributed by atoms with Gasteiger partial charge in [-0.1, -0.05) is 6.08 Å². The third-order valence-electron chi connectivity index (χ3n) is 1.99. The van der Waals surface area contributed by atoms with Gasteiger partial charge in [-0.05, 0) is 26.2 Å². The molecule has 0 N–H and O–H groups in total. The molecule has 1 rings (SSSR count). The summed E-state index contributed by atoms with van der Waals surface area (Å²) < 4.78 is 36.8. The number of hydrogen-bond acceptors (Lipinski definition) is 1. The summed E-state index contributed by atoms with van der Waals surface area (Å²) in [6, 6.07) is 0. The maximum Gasteiger partial charge on any atom is 0.484 e. The van der Waals surface area contributed by atoms with Crippen molar-refractivity contribution in [3.05, 3.63) is 11.8 Å². The van der Waals surface area contributed by atoms with Crippen molar-refractivity contribution in [3.63, 3.8) is 0 Å². The Bertz CT molecular complexity index is 183. The van der Waals surface area contributed by atoms with Crippen LogP contribution in [0.15, 0.2) is 11.8 Å². The van der Waals surface area contributed by atoms with E-state index in [1.165, 1.54) is 6.92 Å². The van der Waals surface area contributed by atoms with Crippen LogP contribution in [-0.4, -0.2) is 17.7 Å². The SMILES string of the molecule is CCN(C1=CCCC1)C(F)(F)F. The molecule has 0 radical (unpaired) electrons. The molecule has 0 aromatic heterocycles. The molecular weight excluding hydrogens is 167 g/mol. The number of nitrogens with zero attached hydrogens (tertiary/aromatic N) is 1. The molecule has 0 aliphatic heterocycles. The van der Waals surface area contributed by atoms with Crippen LogP contribution in [0.5, 0.6) is 0 Å². The first kappa shape index (κ1) is 9.42. The van der Waals surface area contributed by atoms with E-state index in [2.05, 4.69) is 0 Å². The van der Waals surface area contributed by atoms with Crippen LogP contribution in [0.25, 0.3) is 0 Å². The summed E-state index contributed by atoms with van der Waals surface area (Å²) in [7, 11) is 0. The van der Waals surface area contributed by atoms with Gasteiger partial charge in [0.25, 0.3) is 0 Å². The Hall–Kier alpha value is -0.670. The van der Waals surface area contributed by atoms with Gasteiger partial charge in [0.1, 0.15) is 0 Å². The summed E-state index contributed by atoms with van der Waals surface area (Å²) in [5, 5.41) is 0. The summed E-state index contributed by atoms with van der Waals surface area (Å²) in [5.74, 6) is 0. The molecule has 0 atom stereocenters. The second-order valence-corrected chi connectivity index (χ2v) is 2.80. The topological polar surface area (TPSA) is 3.24 Å². The lowest BCUT2D eigenvalue weighted by Gasteiger charge is -2.26. The second-order valence-electron chi connectivity index (χ2n) is 2.80. The lowest BCUT2D eigenvalue weighted by Crippen LogP contribution is -2.36. The van der Waals surface area contributed by atoms with Gasteiger partial charge >= 0.3 is 6.30 Å². The second kappa shape index (κ2) is 3.37. The molecule has 0 fully saturated rings. The Morgan fingerprint density at radius 1 is 1.50 bits per heavy atom. The van der Waals surface area contributed by atoms with Crippen LogP contribution < -0.4 is 0 Å². The van der Waals surface area contributed by atoms with Gasteiger partial charge in [-0.3, -0.25) is 4.90 Å². The summed E-state index contributed by atoms with van der Waals surface area (Å²) in [6.07, 6.45) is -0.334. The van der Waals surface area contributed by atoms with E-state index >= 15 is 0 Å². The van der Waals surface area contributed by atoms with Crippen LogP contribution in [0.2, 0.25) is 0 Å². The van der Waals surface area contributed by atoms with Crippen molar-refractivity contribution in [2.45, 2.75) is 32.5 Å². The minimum Gasteiger partial charge on any atom is -0.288 e. The molecule has 70 valence electrons. The smallest absolute Gasteiger partial charge is 0.288 e. The highest BCUT2D eigenvalue weighted by atomic mass is 19.4. The van der Waals surface area contributed by atoms with Crippen molar-refractivity contribution >= 4 is 0 Å². The zero-order chi connectivity index (χ0) is 9.19. The third kappa shape index (κ3) is 1.93. The minimum atomic E-state index is -4.20. The number of hydrogen-bond donors (Lipinski definition) is 0. The van der Waals surface area contributed by atoms with Crippen LogP contribution in [-0.2, 0) is 0 Å². The van der Waals surface area contributed by atoms with Crippen LogP contribution in [0, 0.1) is 0 Å². The van der Waals surface area contributed by atoms with Crippen LogP contribution in [0.1, 0.15) is 26.2 Å². The molecule has 4 heteroatoms. The maximum atomic E-state index is 12.3. The summed E-state index contributed by atoms with van der Waals surface area (Å²) in [5.41, 5.74) is 0.435. The van der Waals surface area contributed by atoms with E-state index in [1.54, 1.807) is 6.08 Å². The monoisotopic (exact) mass is 179 g/mol. The first-order chi connectivity index (χ1) is 5.55. The van der Waals surface area contributed by atoms with Crippen molar-refractivity contribution in [3.8, 4) is 0 Å². The van der Waals surface area contributed by atoms with Crippen molar-refractivity contribution in [1.82, 2.24) is 4.90 Å². The normalized spacial score (nSPS) is 17.8. The predicted molar refractivity (Wildman–Crippen MR) is 40.4 cm³/mol. The first-order valence-electron chi connectivity index (χ1n) is 4.09. The minimum absolute atomic E-state index is 0.00926. The summed E-state index contributed by atoms with van der Waals surface area (Å²) in [4.78, 5) is 0.514. The lowest BCUT2D eigenvalue weighted by molar-refractivity contribution is -0.231. The number of rotatable bonds is 2. The quantitative estimate of drug-likeness (QED) is 0.589. The molecule has 1 aliphatic carbocycles. The van der Waals surface area contributed by atoms with Gasteiger partial charge in [-0.15, -0.1) is 0 Å². The molecule has 0 unspecified atom stereocenters. The maximum absolute atomic E-state index is 12.3. The van der Waals surface area contributed by atoms with E-state index in [0.717, 1.165) is 12.8 Å². The van der Waals surface area contributed by atoms with Crippen LogP contribution in [0.4, 0.5) is 13.2 Å². The Balaban J connectivity index is 2.68. The van der Waals surface area contributed by atoms with Crippen molar-refractivity contribution in [2.75, 3.05) is 6.54 Å². The van der Waals surface area contributed by atoms with E-state index in [4.69, 9.17) is 0 Å². The third-order valence-corrected chi connectivity index (χ3v) is 1.99. The fraction of sp³-hybridized carbons (Fsp3) is 0.750. The molecular formula is C8H12F3N. The molecule has 0 bridgehead atoms. The molecule has 0 saturated carbocycles. The molecule has 1 nitrogen and oxygen atoms in total. The molecule has 0 aromatic carbocycles. The van der Waals surface area contributed by atoms with E-state index in [9.17, 15) is 13.2 Å². The summed E-state index contributed by atoms with van der Waals surface area (Å²) >= 11 is 0. The van der Waals surface area contributed by atoms with Gasteiger partial charge in [0.05, 0.1) is 0 Å². The zero-order valence-corrected chi connectivity index (χ0v) is 6.99. The molecule has 1 aliphatic rings. The fourth-order valence-electron chi connectivity index (χ4n) is 1.44. The molecule has 0 heterocycles. The van der Waals surface area contributed by atoms with Gasteiger partial charge in [0, 0.05) is 12.2 Å². The van der Waals surface area contributed by atoms with Gasteiger partial charge in [0.2, 0.25) is 0 Å². The standard InChI is InChI=1S/C8H12F3N/c1-2-12(8(9,10)11)7-5-3-4-6-7/h5H,2-4,6H2,1H3. The molecule has 0 spiro atoms. The van der Waals surface area contributed by atoms with E-state index in [-0.39, 0.29) is 6.54 Å². The van der Waals surface area contributed by atoms with E-state index in [1.807, 2.05) is 0 Å². The number of allylic oxidation sites excluding steroid dienone is 2. The molecule has 12 heavy (non-hydrogen) atoms. The van der Waals surface area contributed by atoms with E-state index in [0.29, 0.717) is 17.0 Å². The largest absolute Gasteiger partial charge is 0.484 e. The Kier molecular flexibility index (Phi) is 2.65. The van der Waals surface area contributed by atoms with Gasteiger partial charge in [-0.25, -0.2) is 0 Å². The predicted octanol–water partition coefficient (Wildman–Crippen LogP) is 2.90. The van der Waals surface area contributed by atoms with Gasteiger partial charge in [-0.2, -0.15) is 13.2 Å². The average Bonchev–Trinajstić information content (AvgIpc) is 2.38. The highest BCUT2D eigenvalue weighted by molar-refractivity contribution is 5.07. The van der Waals surface area contributed by atoms with E-state index < -0.39 is 6.30 Å². The van der Waals surface area contributed by atoms with Crippen LogP contribution >= 0.6 is 0 Å². The number of halogens is 3. The van der Waals surface area contributed by atoms with Gasteiger partial charge in [0.15, 0.2) is 0 Å². The van der Waals surface area contributed by atoms with Gasteiger partial charge < -0.3 is 0 Å². The lowest BCUT2D eigenvalue weighted by atomic mass is 10.3.